The van der Waals surface area contributed by atoms with Crippen molar-refractivity contribution < 1.29 is 19.5 Å². The van der Waals surface area contributed by atoms with E-state index < -0.39 is 17.9 Å². The smallest absolute Gasteiger partial charge is 0.327 e. The molecule has 13 heteroatoms. The van der Waals surface area contributed by atoms with E-state index in [2.05, 4.69) is 41.2 Å². The van der Waals surface area contributed by atoms with Crippen LogP contribution in [0.3, 0.4) is 0 Å². The first-order chi connectivity index (χ1) is 23.7. The summed E-state index contributed by atoms with van der Waals surface area (Å²) in [6, 6.07) is 7.80. The van der Waals surface area contributed by atoms with Gasteiger partial charge in [-0.05, 0) is 80.7 Å². The first-order valence-corrected chi connectivity index (χ1v) is 15.7. The number of amides is 4. The zero-order valence-corrected chi connectivity index (χ0v) is 26.9. The molecule has 4 heterocycles. The third-order valence-electron chi connectivity index (χ3n) is 8.05. The molecule has 0 saturated heterocycles. The monoisotopic (exact) mass is 657 g/mol. The Morgan fingerprint density at radius 1 is 1.04 bits per heavy atom. The van der Waals surface area contributed by atoms with E-state index in [0.29, 0.717) is 35.1 Å². The number of urea groups is 1. The Hall–Kier alpha value is -6.37. The molecule has 2 aliphatic heterocycles. The van der Waals surface area contributed by atoms with E-state index >= 15 is 0 Å². The number of nitrogens with one attached hydrogen (secondary N) is 4. The largest absolute Gasteiger partial charge is 0.493 e. The Balaban J connectivity index is 1.14. The van der Waals surface area contributed by atoms with Gasteiger partial charge < -0.3 is 21.1 Å². The summed E-state index contributed by atoms with van der Waals surface area (Å²) < 4.78 is 0. The molecule has 1 aromatic carbocycles. The number of aliphatic hydroxyl groups excluding tert-OH is 1. The molecule has 0 radical (unpaired) electrons. The maximum absolute atomic E-state index is 13.4. The van der Waals surface area contributed by atoms with Crippen molar-refractivity contribution in [3.05, 3.63) is 120 Å². The van der Waals surface area contributed by atoms with Crippen molar-refractivity contribution in [1.29, 1.82) is 0 Å². The van der Waals surface area contributed by atoms with E-state index in [1.165, 1.54) is 30.5 Å². The number of rotatable bonds is 7. The molecule has 0 saturated carbocycles. The number of aliphatic hydroxyl groups is 1. The fraction of sp³-hybridized carbons (Fsp3) is 0.194. The Bertz CT molecular complexity index is 1960. The summed E-state index contributed by atoms with van der Waals surface area (Å²) in [6.45, 7) is 3.98. The van der Waals surface area contributed by atoms with Crippen LogP contribution in [-0.4, -0.2) is 49.8 Å². The number of aliphatic imine (C=N–C) groups is 1. The third kappa shape index (κ3) is 8.14. The molecular weight excluding hydrogens is 622 g/mol. The fourth-order valence-electron chi connectivity index (χ4n) is 5.42. The second kappa shape index (κ2) is 14.6. The number of benzene rings is 1. The number of hydrogen-bond donors (Lipinski definition) is 5. The van der Waals surface area contributed by atoms with Crippen molar-refractivity contribution in [2.45, 2.75) is 39.3 Å². The average Bonchev–Trinajstić information content (AvgIpc) is 3.12. The number of nitrogens with zero attached hydrogens (tertiary/aromatic N) is 5. The van der Waals surface area contributed by atoms with Crippen LogP contribution < -0.4 is 26.2 Å². The van der Waals surface area contributed by atoms with Gasteiger partial charge in [0.2, 0.25) is 17.8 Å². The fourth-order valence-corrected chi connectivity index (χ4v) is 5.42. The van der Waals surface area contributed by atoms with Gasteiger partial charge in [0.25, 0.3) is 5.91 Å². The van der Waals surface area contributed by atoms with Gasteiger partial charge in [0.05, 0.1) is 24.1 Å². The maximum Gasteiger partial charge on any atom is 0.327 e. The van der Waals surface area contributed by atoms with Crippen LogP contribution in [0.2, 0.25) is 0 Å². The van der Waals surface area contributed by atoms with Crippen LogP contribution in [-0.2, 0) is 16.1 Å². The number of hydrogen-bond acceptors (Lipinski definition) is 8. The first-order valence-electron chi connectivity index (χ1n) is 15.7. The van der Waals surface area contributed by atoms with Crippen molar-refractivity contribution in [3.63, 3.8) is 0 Å². The highest BCUT2D eigenvalue weighted by Gasteiger charge is 2.27. The number of aryl methyl sites for hydroxylation is 2. The molecule has 4 amide bonds. The summed E-state index contributed by atoms with van der Waals surface area (Å²) in [6.07, 6.45) is 19.7. The number of carbonyl (C=O) groups excluding carboxylic acids is 3. The van der Waals surface area contributed by atoms with Gasteiger partial charge in [-0.3, -0.25) is 24.8 Å². The van der Waals surface area contributed by atoms with Crippen LogP contribution in [0.25, 0.3) is 0 Å². The van der Waals surface area contributed by atoms with Crippen molar-refractivity contribution >= 4 is 52.6 Å². The van der Waals surface area contributed by atoms with Crippen LogP contribution in [0.1, 0.15) is 29.7 Å². The highest BCUT2D eigenvalue weighted by atomic mass is 16.3. The number of allylic oxidation sites excluding steroid dienone is 6. The second-order valence-electron chi connectivity index (χ2n) is 11.7. The quantitative estimate of drug-likeness (QED) is 0.215. The lowest BCUT2D eigenvalue weighted by Crippen LogP contribution is -2.39. The zero-order valence-electron chi connectivity index (χ0n) is 26.9. The Labute approximate surface area is 283 Å². The normalized spacial score (nSPS) is 19.4. The molecule has 0 spiro atoms. The molecule has 13 nitrogen and oxygen atoms in total. The summed E-state index contributed by atoms with van der Waals surface area (Å²) in [7, 11) is 0. The van der Waals surface area contributed by atoms with Gasteiger partial charge in [-0.25, -0.2) is 14.8 Å². The van der Waals surface area contributed by atoms with E-state index in [0.717, 1.165) is 23.4 Å². The van der Waals surface area contributed by atoms with Gasteiger partial charge >= 0.3 is 6.03 Å². The van der Waals surface area contributed by atoms with Crippen LogP contribution in [0, 0.1) is 19.8 Å². The standard InChI is InChI=1S/C36H35N9O4/c1-22-11-13-27(18-30(22)45-21-26-19-39-35(43-32(26)44-36(45)49)41-28-14-12-23(2)38-20-28)40-33(47)25-9-6-10-31(46)42-29(34(48)37-16-15-25)17-24-7-4-3-5-8-24/h3-7,9-16,18-20,24,29H,8,17,21H2,1-2H3,(H,37,48)(H,40,47)(H,42,46)(H2,39,41,43,44,49)/b10-6+,16-15?,25-9?/t24?,29-/m0/s1. The molecule has 3 aromatic rings. The molecule has 49 heavy (non-hydrogen) atoms. The van der Waals surface area contributed by atoms with Crippen molar-refractivity contribution in [1.82, 2.24) is 20.3 Å². The molecule has 2 atom stereocenters. The summed E-state index contributed by atoms with van der Waals surface area (Å²) >= 11 is 0. The Morgan fingerprint density at radius 3 is 2.69 bits per heavy atom. The number of carbonyl (C=O) groups is 3. The van der Waals surface area contributed by atoms with Crippen LogP contribution in [0.4, 0.5) is 33.6 Å². The van der Waals surface area contributed by atoms with Crippen LogP contribution >= 0.6 is 0 Å². The number of anilines is 5. The van der Waals surface area contributed by atoms with Crippen molar-refractivity contribution in [3.8, 4) is 0 Å². The molecule has 1 aliphatic carbocycles. The van der Waals surface area contributed by atoms with Crippen molar-refractivity contribution in [2.24, 2.45) is 10.9 Å². The molecule has 0 fully saturated rings. The van der Waals surface area contributed by atoms with E-state index in [-0.39, 0.29) is 30.0 Å². The lowest BCUT2D eigenvalue weighted by molar-refractivity contribution is -0.121. The molecule has 3 aliphatic rings. The highest BCUT2D eigenvalue weighted by Crippen LogP contribution is 2.31. The Kier molecular flexibility index (Phi) is 9.70. The minimum Gasteiger partial charge on any atom is -0.493 e. The number of fused-ring (bicyclic) bond motifs is 1. The van der Waals surface area contributed by atoms with Gasteiger partial charge in [0.1, 0.15) is 11.9 Å². The van der Waals surface area contributed by atoms with Gasteiger partial charge in [-0.2, -0.15) is 4.98 Å². The van der Waals surface area contributed by atoms with Gasteiger partial charge in [-0.1, -0.05) is 36.4 Å². The third-order valence-corrected chi connectivity index (χ3v) is 8.05. The maximum atomic E-state index is 13.4. The Morgan fingerprint density at radius 2 is 1.90 bits per heavy atom. The van der Waals surface area contributed by atoms with E-state index in [1.54, 1.807) is 35.5 Å². The summed E-state index contributed by atoms with van der Waals surface area (Å²) in [5.74, 6) is -0.346. The SMILES string of the molecule is Cc1ccc(Nc2ncc3c(n2)NC(=O)N(c2cc(NC(=O)C4=C/C=C/C(O)=N[C@@H](CC5C=CC=CC5)C(=O)NC=C4)ccc2C)C3)cn1. The predicted octanol–water partition coefficient (Wildman–Crippen LogP) is 5.70. The molecule has 248 valence electrons. The molecule has 1 unspecified atom stereocenters. The van der Waals surface area contributed by atoms with Gasteiger partial charge in [0.15, 0.2) is 0 Å². The predicted molar refractivity (Wildman–Crippen MR) is 189 cm³/mol. The molecule has 5 N–H and O–H groups in total. The molecular formula is C36H35N9O4. The molecule has 0 bridgehead atoms. The topological polar surface area (TPSA) is 174 Å². The van der Waals surface area contributed by atoms with Crippen LogP contribution in [0.15, 0.2) is 108 Å². The van der Waals surface area contributed by atoms with Crippen LogP contribution in [0.5, 0.6) is 0 Å². The average molecular weight is 658 g/mol. The van der Waals surface area contributed by atoms with Gasteiger partial charge in [0, 0.05) is 34.9 Å². The highest BCUT2D eigenvalue weighted by molar-refractivity contribution is 6.08. The zero-order chi connectivity index (χ0) is 34.3. The number of aromatic nitrogens is 3. The van der Waals surface area contributed by atoms with Crippen molar-refractivity contribution in [2.75, 3.05) is 20.9 Å². The second-order valence-corrected chi connectivity index (χ2v) is 11.7. The van der Waals surface area contributed by atoms with Gasteiger partial charge in [-0.15, -0.1) is 0 Å². The lowest BCUT2D eigenvalue weighted by Gasteiger charge is -2.30. The van der Waals surface area contributed by atoms with E-state index in [4.69, 9.17) is 0 Å². The summed E-state index contributed by atoms with van der Waals surface area (Å²) in [5, 5.41) is 21.9. The molecule has 2 aromatic heterocycles. The minimum atomic E-state index is -0.808. The van der Waals surface area contributed by atoms with E-state index in [1.807, 2.05) is 50.3 Å². The summed E-state index contributed by atoms with van der Waals surface area (Å²) in [5.41, 5.74) is 4.37. The minimum absolute atomic E-state index is 0.117. The summed E-state index contributed by atoms with van der Waals surface area (Å²) in [4.78, 5) is 58.5. The van der Waals surface area contributed by atoms with E-state index in [9.17, 15) is 19.5 Å². The lowest BCUT2D eigenvalue weighted by atomic mass is 9.93. The first kappa shape index (κ1) is 32.6. The number of pyridine rings is 1. The molecule has 6 rings (SSSR count).